The summed E-state index contributed by atoms with van der Waals surface area (Å²) >= 11 is 0. The molecule has 1 aliphatic rings. The van der Waals surface area contributed by atoms with Crippen molar-refractivity contribution >= 4 is 0 Å². The third kappa shape index (κ3) is 9.77. The summed E-state index contributed by atoms with van der Waals surface area (Å²) in [5.74, 6) is 0. The summed E-state index contributed by atoms with van der Waals surface area (Å²) in [6.45, 7) is 6.77. The molecule has 1 aliphatic carbocycles. The number of hydrogen-bond donors (Lipinski definition) is 1. The molecule has 0 heterocycles. The Morgan fingerprint density at radius 1 is 0.842 bits per heavy atom. The molecule has 38 heavy (non-hydrogen) atoms. The molecule has 0 saturated heterocycles. The topological polar surface area (TPSA) is 51.2 Å². The normalized spacial score (nSPS) is 22.2. The molecule has 1 saturated carbocycles. The van der Waals surface area contributed by atoms with E-state index in [1.807, 2.05) is 12.1 Å². The zero-order valence-corrected chi connectivity index (χ0v) is 24.0. The van der Waals surface area contributed by atoms with E-state index in [1.165, 1.54) is 31.2 Å². The maximum absolute atomic E-state index is 10.7. The molecular weight excluding hydrogens is 474 g/mol. The Labute approximate surface area is 231 Å². The maximum Gasteiger partial charge on any atom is 0.150 e. The van der Waals surface area contributed by atoms with Gasteiger partial charge >= 0.3 is 0 Å². The molecule has 2 aromatic carbocycles. The number of unbranched alkanes of at least 4 members (excludes halogenated alkanes) is 5. The van der Waals surface area contributed by atoms with Crippen molar-refractivity contribution < 1.29 is 19.3 Å². The van der Waals surface area contributed by atoms with Crippen LogP contribution >= 0.6 is 0 Å². The van der Waals surface area contributed by atoms with E-state index < -0.39 is 11.8 Å². The van der Waals surface area contributed by atoms with Crippen LogP contribution in [0.3, 0.4) is 0 Å². The van der Waals surface area contributed by atoms with Crippen LogP contribution in [0.4, 0.5) is 0 Å². The lowest BCUT2D eigenvalue weighted by molar-refractivity contribution is -0.221. The molecule has 0 aromatic heterocycles. The van der Waals surface area contributed by atoms with Crippen LogP contribution in [0.15, 0.2) is 60.7 Å². The van der Waals surface area contributed by atoms with Gasteiger partial charge in [-0.15, -0.1) is 0 Å². The molecule has 212 valence electrons. The first-order valence-electron chi connectivity index (χ1n) is 14.9. The molecule has 0 spiro atoms. The van der Waals surface area contributed by atoms with Crippen molar-refractivity contribution in [3.63, 3.8) is 0 Å². The van der Waals surface area contributed by atoms with Crippen molar-refractivity contribution in [1.29, 1.82) is 0 Å². The Bertz CT molecular complexity index is 864. The highest BCUT2D eigenvalue weighted by Gasteiger charge is 2.52. The van der Waals surface area contributed by atoms with Gasteiger partial charge in [-0.1, -0.05) is 113 Å². The van der Waals surface area contributed by atoms with E-state index in [-0.39, 0.29) is 12.2 Å². The molecular formula is C33H51NO4. The van der Waals surface area contributed by atoms with Crippen molar-refractivity contribution in [2.45, 2.75) is 115 Å². The Kier molecular flexibility index (Phi) is 13.8. The van der Waals surface area contributed by atoms with Gasteiger partial charge in [0.1, 0.15) is 6.10 Å². The lowest BCUT2D eigenvalue weighted by Crippen LogP contribution is -2.56. The number of hydrogen-bond acceptors (Lipinski definition) is 5. The van der Waals surface area contributed by atoms with Crippen LogP contribution in [0.5, 0.6) is 0 Å². The standard InChI is InChI=1S/C33H51NO4/c1-4-6-8-9-16-22-34(3)33(38-27-30(35)21-7-5-2)24-31(36-25-28-17-12-10-13-18-28)23-32(33)37-26-29-19-14-11-15-20-29/h10-15,17-20,30-32,35H,4-9,16,21-27H2,1-3H3/t30?,31-,32+,33-/m1/s1. The number of likely N-dealkylation sites (N-methyl/N-ethyl adjacent to an activating group) is 1. The summed E-state index contributed by atoms with van der Waals surface area (Å²) in [5.41, 5.74) is 1.70. The first-order chi connectivity index (χ1) is 18.6. The van der Waals surface area contributed by atoms with Crippen molar-refractivity contribution in [1.82, 2.24) is 4.90 Å². The SMILES string of the molecule is CCCCCCCN(C)[C@@]1(OCC(O)CCCC)C[C@H](OCc2ccccc2)C[C@@H]1OCc1ccccc1. The number of nitrogens with zero attached hydrogens (tertiary/aromatic N) is 1. The Balaban J connectivity index is 1.76. The Morgan fingerprint density at radius 2 is 1.45 bits per heavy atom. The van der Waals surface area contributed by atoms with Crippen molar-refractivity contribution in [3.8, 4) is 0 Å². The smallest absolute Gasteiger partial charge is 0.150 e. The van der Waals surface area contributed by atoms with Crippen LogP contribution in [0.2, 0.25) is 0 Å². The van der Waals surface area contributed by atoms with Gasteiger partial charge in [0.25, 0.3) is 0 Å². The van der Waals surface area contributed by atoms with Crippen LogP contribution in [0.1, 0.15) is 89.2 Å². The molecule has 3 rings (SSSR count). The second kappa shape index (κ2) is 17.0. The van der Waals surface area contributed by atoms with Crippen molar-refractivity contribution in [2.75, 3.05) is 20.2 Å². The zero-order chi connectivity index (χ0) is 27.1. The minimum absolute atomic E-state index is 0.0197. The van der Waals surface area contributed by atoms with Gasteiger partial charge in [-0.05, 0) is 31.0 Å². The van der Waals surface area contributed by atoms with E-state index in [0.717, 1.165) is 50.6 Å². The first-order valence-corrected chi connectivity index (χ1v) is 14.9. The second-order valence-corrected chi connectivity index (χ2v) is 10.9. The summed E-state index contributed by atoms with van der Waals surface area (Å²) in [6, 6.07) is 20.7. The molecule has 0 aliphatic heterocycles. The van der Waals surface area contributed by atoms with Gasteiger partial charge in [-0.3, -0.25) is 4.90 Å². The Hall–Kier alpha value is -1.76. The van der Waals surface area contributed by atoms with Crippen LogP contribution < -0.4 is 0 Å². The molecule has 0 bridgehead atoms. The fraction of sp³-hybridized carbons (Fsp3) is 0.636. The molecule has 5 nitrogen and oxygen atoms in total. The highest BCUT2D eigenvalue weighted by atomic mass is 16.6. The zero-order valence-electron chi connectivity index (χ0n) is 24.0. The lowest BCUT2D eigenvalue weighted by atomic mass is 10.1. The molecule has 2 aromatic rings. The van der Waals surface area contributed by atoms with E-state index >= 15 is 0 Å². The maximum atomic E-state index is 10.7. The second-order valence-electron chi connectivity index (χ2n) is 10.9. The highest BCUT2D eigenvalue weighted by molar-refractivity contribution is 5.15. The average molecular weight is 526 g/mol. The lowest BCUT2D eigenvalue weighted by Gasteiger charge is -2.43. The summed E-state index contributed by atoms with van der Waals surface area (Å²) in [5, 5.41) is 10.7. The summed E-state index contributed by atoms with van der Waals surface area (Å²) < 4.78 is 19.8. The fourth-order valence-corrected chi connectivity index (χ4v) is 5.42. The molecule has 0 radical (unpaired) electrons. The molecule has 5 heteroatoms. The number of aliphatic hydroxyl groups is 1. The van der Waals surface area contributed by atoms with Gasteiger partial charge in [0.15, 0.2) is 5.72 Å². The van der Waals surface area contributed by atoms with Gasteiger partial charge in [0.05, 0.1) is 32.0 Å². The number of benzene rings is 2. The number of rotatable bonds is 19. The molecule has 1 fully saturated rings. The van der Waals surface area contributed by atoms with E-state index in [0.29, 0.717) is 19.8 Å². The highest BCUT2D eigenvalue weighted by Crippen LogP contribution is 2.41. The average Bonchev–Trinajstić information content (AvgIpc) is 3.32. The van der Waals surface area contributed by atoms with Crippen LogP contribution in [-0.2, 0) is 27.4 Å². The minimum atomic E-state index is -0.631. The van der Waals surface area contributed by atoms with Gasteiger partial charge in [-0.25, -0.2) is 0 Å². The number of aliphatic hydroxyl groups excluding tert-OH is 1. The van der Waals surface area contributed by atoms with E-state index in [2.05, 4.69) is 74.3 Å². The van der Waals surface area contributed by atoms with Gasteiger partial charge < -0.3 is 19.3 Å². The number of ether oxygens (including phenoxy) is 3. The minimum Gasteiger partial charge on any atom is -0.391 e. The predicted molar refractivity (Wildman–Crippen MR) is 155 cm³/mol. The fourth-order valence-electron chi connectivity index (χ4n) is 5.42. The van der Waals surface area contributed by atoms with Gasteiger partial charge in [0.2, 0.25) is 0 Å². The van der Waals surface area contributed by atoms with E-state index in [4.69, 9.17) is 14.2 Å². The third-order valence-corrected chi connectivity index (χ3v) is 7.78. The van der Waals surface area contributed by atoms with Crippen LogP contribution in [0.25, 0.3) is 0 Å². The van der Waals surface area contributed by atoms with E-state index in [1.54, 1.807) is 0 Å². The molecule has 1 N–H and O–H groups in total. The van der Waals surface area contributed by atoms with Gasteiger partial charge in [0, 0.05) is 19.4 Å². The molecule has 1 unspecified atom stereocenters. The van der Waals surface area contributed by atoms with Crippen molar-refractivity contribution in [2.24, 2.45) is 0 Å². The van der Waals surface area contributed by atoms with Gasteiger partial charge in [-0.2, -0.15) is 0 Å². The summed E-state index contributed by atoms with van der Waals surface area (Å²) in [7, 11) is 2.16. The van der Waals surface area contributed by atoms with Crippen LogP contribution in [0, 0.1) is 0 Å². The monoisotopic (exact) mass is 525 g/mol. The first kappa shape index (κ1) is 30.8. The summed E-state index contributed by atoms with van der Waals surface area (Å²) in [6.07, 6.45) is 9.87. The van der Waals surface area contributed by atoms with E-state index in [9.17, 15) is 5.11 Å². The quantitative estimate of drug-likeness (QED) is 0.156. The largest absolute Gasteiger partial charge is 0.391 e. The summed E-state index contributed by atoms with van der Waals surface area (Å²) in [4.78, 5) is 2.35. The predicted octanol–water partition coefficient (Wildman–Crippen LogP) is 7.12. The van der Waals surface area contributed by atoms with Crippen LogP contribution in [-0.4, -0.2) is 54.2 Å². The van der Waals surface area contributed by atoms with Crippen molar-refractivity contribution in [3.05, 3.63) is 71.8 Å². The molecule has 4 atom stereocenters. The third-order valence-electron chi connectivity index (χ3n) is 7.78. The molecule has 0 amide bonds. The Morgan fingerprint density at radius 3 is 2.08 bits per heavy atom.